The molecule has 0 atom stereocenters. The lowest BCUT2D eigenvalue weighted by atomic mass is 10.1. The van der Waals surface area contributed by atoms with Gasteiger partial charge in [-0.25, -0.2) is 4.79 Å². The normalized spacial score (nSPS) is 9.78. The van der Waals surface area contributed by atoms with Crippen LogP contribution in [0.1, 0.15) is 20.8 Å². The van der Waals surface area contributed by atoms with Gasteiger partial charge in [-0.15, -0.1) is 0 Å². The topological polar surface area (TPSA) is 98.5 Å². The summed E-state index contributed by atoms with van der Waals surface area (Å²) in [4.78, 5) is 11.6. The summed E-state index contributed by atoms with van der Waals surface area (Å²) < 4.78 is 10.5. The first-order chi connectivity index (χ1) is 7.45. The van der Waals surface area contributed by atoms with Crippen LogP contribution in [0, 0.1) is 0 Å². The maximum Gasteiger partial charge on any atom is 0.349 e. The van der Waals surface area contributed by atoms with Crippen molar-refractivity contribution in [2.24, 2.45) is 0 Å². The van der Waals surface area contributed by atoms with Crippen LogP contribution in [-0.2, 0) is 9.53 Å². The molecule has 0 spiro atoms. The number of rotatable bonds is 4. The summed E-state index contributed by atoms with van der Waals surface area (Å²) >= 11 is 5.75. The summed E-state index contributed by atoms with van der Waals surface area (Å²) in [6.07, 6.45) is 0. The minimum absolute atomic E-state index is 0. The lowest BCUT2D eigenvalue weighted by Gasteiger charge is -2.23. The van der Waals surface area contributed by atoms with Crippen molar-refractivity contribution in [1.29, 1.82) is 0 Å². The number of carbonyl (C=O) groups is 1. The van der Waals surface area contributed by atoms with Crippen LogP contribution in [0.25, 0.3) is 0 Å². The van der Waals surface area contributed by atoms with Crippen LogP contribution < -0.4 is 4.74 Å². The average Bonchev–Trinajstić information content (AvgIpc) is 2.21. The molecule has 1 rings (SSSR count). The van der Waals surface area contributed by atoms with Crippen LogP contribution in [0.5, 0.6) is 5.75 Å². The summed E-state index contributed by atoms with van der Waals surface area (Å²) in [6.45, 7) is 5.43. The van der Waals surface area contributed by atoms with Crippen LogP contribution in [-0.4, -0.2) is 29.1 Å². The third-order valence-corrected chi connectivity index (χ3v) is 2.21. The monoisotopic (exact) mass is 278 g/mol. The maximum atomic E-state index is 11.6. The van der Waals surface area contributed by atoms with Crippen molar-refractivity contribution >= 4 is 17.6 Å². The number of hydrogen-bond acceptors (Lipinski definition) is 3. The Morgan fingerprint density at radius 2 is 1.72 bits per heavy atom. The molecule has 0 amide bonds. The third kappa shape index (κ3) is 5.35. The lowest BCUT2D eigenvalue weighted by molar-refractivity contribution is -0.158. The van der Waals surface area contributed by atoms with Gasteiger partial charge < -0.3 is 20.4 Å². The second kappa shape index (κ2) is 7.92. The van der Waals surface area contributed by atoms with Crippen molar-refractivity contribution in [1.82, 2.24) is 0 Å². The molecule has 0 heterocycles. The molecule has 0 fully saturated rings. The molecule has 1 aromatic rings. The van der Waals surface area contributed by atoms with Gasteiger partial charge in [-0.3, -0.25) is 0 Å². The fourth-order valence-corrected chi connectivity index (χ4v) is 1.27. The quantitative estimate of drug-likeness (QED) is 0.779. The first kappa shape index (κ1) is 19.0. The van der Waals surface area contributed by atoms with Crippen LogP contribution in [0.2, 0.25) is 5.02 Å². The second-order valence-corrected chi connectivity index (χ2v) is 4.22. The summed E-state index contributed by atoms with van der Waals surface area (Å²) in [7, 11) is 0. The van der Waals surface area contributed by atoms with E-state index in [1.807, 2.05) is 0 Å². The summed E-state index contributed by atoms with van der Waals surface area (Å²) in [6, 6.07) is 6.84. The van der Waals surface area contributed by atoms with Crippen molar-refractivity contribution in [3.63, 3.8) is 0 Å². The van der Waals surface area contributed by atoms with Gasteiger partial charge in [0.2, 0.25) is 0 Å². The van der Waals surface area contributed by atoms with Crippen molar-refractivity contribution in [3.05, 3.63) is 29.3 Å². The standard InChI is InChI=1S/C12H15ClO3.2H2O/c1-4-15-11(14)12(2,3)16-10-7-5-9(13)6-8-10;;/h5-8H,4H2,1-3H3;2*1H2. The predicted molar refractivity (Wildman–Crippen MR) is 70.0 cm³/mol. The molecule has 18 heavy (non-hydrogen) atoms. The molecule has 0 aromatic heterocycles. The van der Waals surface area contributed by atoms with E-state index in [2.05, 4.69) is 0 Å². The predicted octanol–water partition coefficient (Wildman–Crippen LogP) is 1.41. The Bertz CT molecular complexity index is 361. The van der Waals surface area contributed by atoms with Crippen molar-refractivity contribution in [2.75, 3.05) is 6.61 Å². The molecule has 0 bridgehead atoms. The van der Waals surface area contributed by atoms with Gasteiger partial charge in [0, 0.05) is 5.02 Å². The highest BCUT2D eigenvalue weighted by atomic mass is 35.5. The first-order valence-electron chi connectivity index (χ1n) is 5.07. The molecule has 0 aliphatic carbocycles. The van der Waals surface area contributed by atoms with Gasteiger partial charge in [0.15, 0.2) is 5.60 Å². The Balaban J connectivity index is 0. The summed E-state index contributed by atoms with van der Waals surface area (Å²) in [5.74, 6) is 0.201. The van der Waals surface area contributed by atoms with E-state index in [0.717, 1.165) is 0 Å². The molecule has 0 saturated heterocycles. The van der Waals surface area contributed by atoms with E-state index in [9.17, 15) is 4.79 Å². The zero-order chi connectivity index (χ0) is 12.2. The minimum atomic E-state index is -0.996. The zero-order valence-electron chi connectivity index (χ0n) is 10.6. The highest BCUT2D eigenvalue weighted by molar-refractivity contribution is 6.30. The molecule has 0 radical (unpaired) electrons. The number of halogens is 1. The molecule has 0 saturated carbocycles. The van der Waals surface area contributed by atoms with Crippen molar-refractivity contribution in [2.45, 2.75) is 26.4 Å². The van der Waals surface area contributed by atoms with E-state index >= 15 is 0 Å². The fraction of sp³-hybridized carbons (Fsp3) is 0.417. The van der Waals surface area contributed by atoms with Crippen LogP contribution in [0.3, 0.4) is 0 Å². The SMILES string of the molecule is CCOC(=O)C(C)(C)Oc1ccc(Cl)cc1.O.O. The lowest BCUT2D eigenvalue weighted by Crippen LogP contribution is -2.39. The van der Waals surface area contributed by atoms with Gasteiger partial charge >= 0.3 is 5.97 Å². The van der Waals surface area contributed by atoms with Gasteiger partial charge in [-0.05, 0) is 45.0 Å². The summed E-state index contributed by atoms with van der Waals surface area (Å²) in [5.41, 5.74) is -0.996. The van der Waals surface area contributed by atoms with Gasteiger partial charge in [-0.2, -0.15) is 0 Å². The van der Waals surface area contributed by atoms with Gasteiger partial charge in [0.1, 0.15) is 5.75 Å². The van der Waals surface area contributed by atoms with Gasteiger partial charge in [0.05, 0.1) is 6.61 Å². The van der Waals surface area contributed by atoms with E-state index < -0.39 is 5.60 Å². The van der Waals surface area contributed by atoms with Gasteiger partial charge in [-0.1, -0.05) is 11.6 Å². The minimum Gasteiger partial charge on any atom is -0.476 e. The Morgan fingerprint density at radius 3 is 2.17 bits per heavy atom. The number of hydrogen-bond donors (Lipinski definition) is 0. The Morgan fingerprint density at radius 1 is 1.22 bits per heavy atom. The number of benzene rings is 1. The van der Waals surface area contributed by atoms with Crippen LogP contribution in [0.4, 0.5) is 0 Å². The maximum absolute atomic E-state index is 11.6. The number of ether oxygens (including phenoxy) is 2. The summed E-state index contributed by atoms with van der Waals surface area (Å²) in [5, 5.41) is 0.626. The van der Waals surface area contributed by atoms with E-state index in [1.165, 1.54) is 0 Å². The molecule has 5 nitrogen and oxygen atoms in total. The van der Waals surface area contributed by atoms with Crippen LogP contribution in [0.15, 0.2) is 24.3 Å². The smallest absolute Gasteiger partial charge is 0.349 e. The second-order valence-electron chi connectivity index (χ2n) is 3.79. The number of esters is 1. The van der Waals surface area contributed by atoms with Crippen molar-refractivity contribution in [3.8, 4) is 5.75 Å². The Kier molecular flexibility index (Phi) is 8.38. The van der Waals surface area contributed by atoms with E-state index in [4.69, 9.17) is 21.1 Å². The van der Waals surface area contributed by atoms with E-state index in [1.54, 1.807) is 45.0 Å². The van der Waals surface area contributed by atoms with Crippen molar-refractivity contribution < 1.29 is 25.2 Å². The highest BCUT2D eigenvalue weighted by Gasteiger charge is 2.31. The van der Waals surface area contributed by atoms with E-state index in [0.29, 0.717) is 17.4 Å². The zero-order valence-corrected chi connectivity index (χ0v) is 11.4. The Labute approximate surface area is 111 Å². The molecule has 4 N–H and O–H groups in total. The molecular formula is C12H19ClO5. The highest BCUT2D eigenvalue weighted by Crippen LogP contribution is 2.21. The molecule has 0 aliphatic rings. The molecule has 1 aromatic carbocycles. The first-order valence-corrected chi connectivity index (χ1v) is 5.45. The molecular weight excluding hydrogens is 260 g/mol. The Hall–Kier alpha value is -1.30. The largest absolute Gasteiger partial charge is 0.476 e. The fourth-order valence-electron chi connectivity index (χ4n) is 1.14. The molecule has 0 aliphatic heterocycles. The average molecular weight is 279 g/mol. The molecule has 0 unspecified atom stereocenters. The molecule has 104 valence electrons. The van der Waals surface area contributed by atoms with Gasteiger partial charge in [0.25, 0.3) is 0 Å². The number of carbonyl (C=O) groups excluding carboxylic acids is 1. The molecule has 6 heteroatoms. The third-order valence-electron chi connectivity index (χ3n) is 1.95. The van der Waals surface area contributed by atoms with Crippen LogP contribution >= 0.6 is 11.6 Å². The van der Waals surface area contributed by atoms with E-state index in [-0.39, 0.29) is 16.9 Å².